The fraction of sp³-hybridized carbons (Fsp3) is 0.550. The zero-order valence-electron chi connectivity index (χ0n) is 15.7. The van der Waals surface area contributed by atoms with Gasteiger partial charge >= 0.3 is 0 Å². The van der Waals surface area contributed by atoms with Crippen LogP contribution in [-0.2, 0) is 11.3 Å². The molecule has 3 rings (SSSR count). The van der Waals surface area contributed by atoms with Crippen LogP contribution < -0.4 is 0 Å². The maximum absolute atomic E-state index is 5.19. The van der Waals surface area contributed by atoms with Gasteiger partial charge in [0.15, 0.2) is 0 Å². The first-order valence-corrected chi connectivity index (χ1v) is 9.16. The molecule has 0 spiro atoms. The van der Waals surface area contributed by atoms with Crippen LogP contribution in [0.4, 0.5) is 0 Å². The Labute approximate surface area is 151 Å². The highest BCUT2D eigenvalue weighted by molar-refractivity contribution is 5.32. The number of benzene rings is 1. The second kappa shape index (κ2) is 8.61. The molecule has 0 aliphatic carbocycles. The highest BCUT2D eigenvalue weighted by atomic mass is 16.5. The first-order valence-electron chi connectivity index (χ1n) is 9.16. The summed E-state index contributed by atoms with van der Waals surface area (Å²) in [5, 5.41) is 4.68. The Balaban J connectivity index is 1.53. The van der Waals surface area contributed by atoms with Gasteiger partial charge in [-0.05, 0) is 45.0 Å². The van der Waals surface area contributed by atoms with Gasteiger partial charge in [-0.15, -0.1) is 0 Å². The lowest BCUT2D eigenvalue weighted by molar-refractivity contribution is 0.157. The van der Waals surface area contributed by atoms with Crippen LogP contribution in [-0.4, -0.2) is 66.5 Å². The fourth-order valence-electron chi connectivity index (χ4n) is 3.65. The Morgan fingerprint density at radius 3 is 2.84 bits per heavy atom. The summed E-state index contributed by atoms with van der Waals surface area (Å²) >= 11 is 0. The van der Waals surface area contributed by atoms with Crippen molar-refractivity contribution in [1.82, 2.24) is 19.6 Å². The molecule has 2 heterocycles. The average molecular weight is 342 g/mol. The minimum absolute atomic E-state index is 0.756. The third kappa shape index (κ3) is 4.91. The molecular weight excluding hydrogens is 312 g/mol. The first-order chi connectivity index (χ1) is 12.2. The van der Waals surface area contributed by atoms with Gasteiger partial charge < -0.3 is 14.5 Å². The predicted octanol–water partition coefficient (Wildman–Crippen LogP) is 2.58. The fourth-order valence-corrected chi connectivity index (χ4v) is 3.65. The zero-order valence-corrected chi connectivity index (χ0v) is 15.7. The van der Waals surface area contributed by atoms with Crippen molar-refractivity contribution in [3.05, 3.63) is 47.8 Å². The predicted molar refractivity (Wildman–Crippen MR) is 101 cm³/mol. The van der Waals surface area contributed by atoms with Crippen LogP contribution in [0.5, 0.6) is 0 Å². The molecule has 1 saturated heterocycles. The molecule has 1 aliphatic rings. The molecule has 5 heteroatoms. The summed E-state index contributed by atoms with van der Waals surface area (Å²) in [6.07, 6.45) is 3.46. The van der Waals surface area contributed by atoms with Gasteiger partial charge in [0.05, 0.1) is 18.0 Å². The zero-order chi connectivity index (χ0) is 17.6. The summed E-state index contributed by atoms with van der Waals surface area (Å²) in [5.41, 5.74) is 3.54. The van der Waals surface area contributed by atoms with Crippen molar-refractivity contribution in [2.75, 3.05) is 46.9 Å². The van der Waals surface area contributed by atoms with Gasteiger partial charge in [0, 0.05) is 45.0 Å². The van der Waals surface area contributed by atoms with Gasteiger partial charge in [-0.3, -0.25) is 0 Å². The quantitative estimate of drug-likeness (QED) is 0.738. The highest BCUT2D eigenvalue weighted by Gasteiger charge is 2.23. The van der Waals surface area contributed by atoms with E-state index >= 15 is 0 Å². The van der Waals surface area contributed by atoms with Crippen LogP contribution >= 0.6 is 0 Å². The number of hydrogen-bond donors (Lipinski definition) is 0. The molecule has 25 heavy (non-hydrogen) atoms. The maximum atomic E-state index is 5.19. The van der Waals surface area contributed by atoms with Crippen molar-refractivity contribution >= 4 is 0 Å². The molecule has 0 unspecified atom stereocenters. The van der Waals surface area contributed by atoms with Crippen LogP contribution in [0, 0.1) is 12.8 Å². The molecule has 1 aromatic carbocycles. The van der Waals surface area contributed by atoms with Gasteiger partial charge in [-0.2, -0.15) is 5.10 Å². The molecular formula is C20H30N4O. The van der Waals surface area contributed by atoms with E-state index in [1.54, 1.807) is 7.11 Å². The molecule has 1 aliphatic heterocycles. The number of methoxy groups -OCH3 is 1. The van der Waals surface area contributed by atoms with Crippen LogP contribution in [0.3, 0.4) is 0 Å². The van der Waals surface area contributed by atoms with E-state index in [1.807, 2.05) is 22.9 Å². The number of para-hydroxylation sites is 1. The Kier molecular flexibility index (Phi) is 6.24. The molecule has 1 aromatic heterocycles. The van der Waals surface area contributed by atoms with Crippen LogP contribution in [0.2, 0.25) is 0 Å². The van der Waals surface area contributed by atoms with E-state index in [1.165, 1.54) is 25.1 Å². The van der Waals surface area contributed by atoms with E-state index in [-0.39, 0.29) is 0 Å². The van der Waals surface area contributed by atoms with Crippen LogP contribution in [0.25, 0.3) is 5.69 Å². The molecule has 136 valence electrons. The molecule has 1 fully saturated rings. The smallest absolute Gasteiger partial charge is 0.0645 e. The first kappa shape index (κ1) is 18.1. The van der Waals surface area contributed by atoms with Gasteiger partial charge in [-0.1, -0.05) is 18.2 Å². The summed E-state index contributed by atoms with van der Waals surface area (Å²) in [5.74, 6) is 0.756. The minimum Gasteiger partial charge on any atom is -0.383 e. The van der Waals surface area contributed by atoms with Crippen molar-refractivity contribution in [3.8, 4) is 5.69 Å². The lowest BCUT2D eigenvalue weighted by Gasteiger charge is -2.21. The standard InChI is InChI=1S/C20H30N4O/c1-17-19(16-24(21-17)20-7-5-4-6-8-20)15-22(2)13-18-9-10-23(14-18)11-12-25-3/h4-8,16,18H,9-15H2,1-3H3/t18-/m1/s1. The molecule has 0 radical (unpaired) electrons. The topological polar surface area (TPSA) is 33.5 Å². The van der Waals surface area contributed by atoms with Crippen molar-refractivity contribution in [1.29, 1.82) is 0 Å². The molecule has 1 atom stereocenters. The number of aryl methyl sites for hydroxylation is 1. The Morgan fingerprint density at radius 2 is 2.08 bits per heavy atom. The van der Waals surface area contributed by atoms with Crippen molar-refractivity contribution in [3.63, 3.8) is 0 Å². The Bertz CT molecular complexity index is 655. The number of likely N-dealkylation sites (tertiary alicyclic amines) is 1. The molecule has 0 bridgehead atoms. The van der Waals surface area contributed by atoms with Crippen LogP contribution in [0.1, 0.15) is 17.7 Å². The van der Waals surface area contributed by atoms with Gasteiger partial charge in [0.2, 0.25) is 0 Å². The summed E-state index contributed by atoms with van der Waals surface area (Å²) in [6.45, 7) is 8.47. The van der Waals surface area contributed by atoms with E-state index in [0.29, 0.717) is 0 Å². The molecule has 0 saturated carbocycles. The summed E-state index contributed by atoms with van der Waals surface area (Å²) in [4.78, 5) is 4.95. The van der Waals surface area contributed by atoms with Gasteiger partial charge in [-0.25, -0.2) is 4.68 Å². The van der Waals surface area contributed by atoms with E-state index in [9.17, 15) is 0 Å². The minimum atomic E-state index is 0.756. The molecule has 5 nitrogen and oxygen atoms in total. The number of hydrogen-bond acceptors (Lipinski definition) is 4. The monoisotopic (exact) mass is 342 g/mol. The lowest BCUT2D eigenvalue weighted by Crippen LogP contribution is -2.29. The van der Waals surface area contributed by atoms with Crippen LogP contribution in [0.15, 0.2) is 36.5 Å². The van der Waals surface area contributed by atoms with Gasteiger partial charge in [0.25, 0.3) is 0 Å². The number of aromatic nitrogens is 2. The normalized spacial score (nSPS) is 18.3. The maximum Gasteiger partial charge on any atom is 0.0645 e. The largest absolute Gasteiger partial charge is 0.383 e. The molecule has 0 N–H and O–H groups in total. The number of rotatable bonds is 8. The number of ether oxygens (including phenoxy) is 1. The SMILES string of the molecule is COCCN1CC[C@H](CN(C)Cc2cn(-c3ccccc3)nc2C)C1. The van der Waals surface area contributed by atoms with Crippen molar-refractivity contribution < 1.29 is 4.74 Å². The second-order valence-electron chi connectivity index (χ2n) is 7.16. The summed E-state index contributed by atoms with van der Waals surface area (Å²) in [6, 6.07) is 10.3. The highest BCUT2D eigenvalue weighted by Crippen LogP contribution is 2.19. The van der Waals surface area contributed by atoms with Crippen molar-refractivity contribution in [2.24, 2.45) is 5.92 Å². The van der Waals surface area contributed by atoms with E-state index in [0.717, 1.165) is 43.5 Å². The Hall–Kier alpha value is -1.69. The third-order valence-corrected chi connectivity index (χ3v) is 5.01. The van der Waals surface area contributed by atoms with E-state index in [4.69, 9.17) is 4.74 Å². The van der Waals surface area contributed by atoms with Gasteiger partial charge in [0.1, 0.15) is 0 Å². The van der Waals surface area contributed by atoms with E-state index < -0.39 is 0 Å². The summed E-state index contributed by atoms with van der Waals surface area (Å²) < 4.78 is 7.18. The van der Waals surface area contributed by atoms with E-state index in [2.05, 4.69) is 47.2 Å². The Morgan fingerprint density at radius 1 is 1.28 bits per heavy atom. The van der Waals surface area contributed by atoms with Crippen molar-refractivity contribution in [2.45, 2.75) is 19.9 Å². The lowest BCUT2D eigenvalue weighted by atomic mass is 10.1. The summed E-state index contributed by atoms with van der Waals surface area (Å²) in [7, 11) is 4.00. The second-order valence-corrected chi connectivity index (χ2v) is 7.16. The molecule has 0 amide bonds. The number of nitrogens with zero attached hydrogens (tertiary/aromatic N) is 4. The third-order valence-electron chi connectivity index (χ3n) is 5.01. The molecule has 2 aromatic rings. The average Bonchev–Trinajstić information content (AvgIpc) is 3.21.